The molecule has 2 aromatic carbocycles. The van der Waals surface area contributed by atoms with Crippen molar-refractivity contribution in [2.45, 2.75) is 33.1 Å². The van der Waals surface area contributed by atoms with Crippen LogP contribution in [-0.2, 0) is 4.79 Å². The molecule has 2 rings (SSSR count). The number of aromatic hydroxyl groups is 1. The maximum absolute atomic E-state index is 12.0. The quantitative estimate of drug-likeness (QED) is 0.857. The molecule has 0 saturated heterocycles. The van der Waals surface area contributed by atoms with Crippen LogP contribution in [0.3, 0.4) is 0 Å². The molecule has 0 aliphatic rings. The second-order valence-corrected chi connectivity index (χ2v) is 5.97. The Labute approximate surface area is 126 Å². The van der Waals surface area contributed by atoms with Gasteiger partial charge in [-0.3, -0.25) is 4.79 Å². The SMILES string of the molecule is CC(=O)C(CC(C)C)c1cc(O)cc(-c2ccccc2)c1. The Hall–Kier alpha value is -2.09. The molecule has 1 N–H and O–H groups in total. The summed E-state index contributed by atoms with van der Waals surface area (Å²) in [4.78, 5) is 12.0. The highest BCUT2D eigenvalue weighted by molar-refractivity contribution is 5.84. The first-order valence-electron chi connectivity index (χ1n) is 7.37. The summed E-state index contributed by atoms with van der Waals surface area (Å²) in [5.41, 5.74) is 2.89. The molecule has 2 nitrogen and oxygen atoms in total. The van der Waals surface area contributed by atoms with E-state index in [0.29, 0.717) is 5.92 Å². The van der Waals surface area contributed by atoms with Crippen molar-refractivity contribution >= 4 is 5.78 Å². The number of phenols is 1. The third-order valence-electron chi connectivity index (χ3n) is 3.65. The van der Waals surface area contributed by atoms with Crippen LogP contribution in [0.5, 0.6) is 5.75 Å². The van der Waals surface area contributed by atoms with Crippen LogP contribution in [0.4, 0.5) is 0 Å². The third-order valence-corrected chi connectivity index (χ3v) is 3.65. The zero-order chi connectivity index (χ0) is 15.4. The minimum absolute atomic E-state index is 0.147. The maximum Gasteiger partial charge on any atom is 0.137 e. The average molecular weight is 282 g/mol. The van der Waals surface area contributed by atoms with Gasteiger partial charge in [0.1, 0.15) is 11.5 Å². The molecule has 0 saturated carbocycles. The first-order valence-corrected chi connectivity index (χ1v) is 7.37. The van der Waals surface area contributed by atoms with E-state index < -0.39 is 0 Å². The van der Waals surface area contributed by atoms with Gasteiger partial charge >= 0.3 is 0 Å². The van der Waals surface area contributed by atoms with Crippen molar-refractivity contribution in [1.29, 1.82) is 0 Å². The summed E-state index contributed by atoms with van der Waals surface area (Å²) in [7, 11) is 0. The van der Waals surface area contributed by atoms with Gasteiger partial charge in [-0.2, -0.15) is 0 Å². The fourth-order valence-electron chi connectivity index (χ4n) is 2.64. The molecule has 21 heavy (non-hydrogen) atoms. The molecule has 0 fully saturated rings. The van der Waals surface area contributed by atoms with Gasteiger partial charge in [-0.25, -0.2) is 0 Å². The Kier molecular flexibility index (Phi) is 4.79. The molecular formula is C19H22O2. The summed E-state index contributed by atoms with van der Waals surface area (Å²) < 4.78 is 0. The number of carbonyl (C=O) groups is 1. The van der Waals surface area contributed by atoms with Crippen LogP contribution >= 0.6 is 0 Å². The largest absolute Gasteiger partial charge is 0.508 e. The molecule has 0 spiro atoms. The average Bonchev–Trinajstić information content (AvgIpc) is 2.44. The smallest absolute Gasteiger partial charge is 0.137 e. The zero-order valence-electron chi connectivity index (χ0n) is 12.8. The summed E-state index contributed by atoms with van der Waals surface area (Å²) in [6.07, 6.45) is 0.799. The predicted molar refractivity (Wildman–Crippen MR) is 86.4 cm³/mol. The summed E-state index contributed by atoms with van der Waals surface area (Å²) in [6, 6.07) is 15.4. The van der Waals surface area contributed by atoms with Crippen molar-refractivity contribution in [2.24, 2.45) is 5.92 Å². The summed E-state index contributed by atoms with van der Waals surface area (Å²) >= 11 is 0. The van der Waals surface area contributed by atoms with E-state index in [2.05, 4.69) is 13.8 Å². The molecule has 0 radical (unpaired) electrons. The van der Waals surface area contributed by atoms with Crippen LogP contribution in [0.25, 0.3) is 11.1 Å². The highest BCUT2D eigenvalue weighted by Crippen LogP contribution is 2.32. The predicted octanol–water partition coefficient (Wildman–Crippen LogP) is 4.78. The Bertz CT molecular complexity index is 615. The standard InChI is InChI=1S/C19H22O2/c1-13(2)9-19(14(3)20)17-10-16(11-18(21)12-17)15-7-5-4-6-8-15/h4-8,10-13,19,21H,9H2,1-3H3. The summed E-state index contributed by atoms with van der Waals surface area (Å²) in [5, 5.41) is 10.0. The summed E-state index contributed by atoms with van der Waals surface area (Å²) in [6.45, 7) is 5.84. The molecule has 1 unspecified atom stereocenters. The van der Waals surface area contributed by atoms with Gasteiger partial charge in [0, 0.05) is 5.92 Å². The van der Waals surface area contributed by atoms with E-state index in [-0.39, 0.29) is 17.5 Å². The topological polar surface area (TPSA) is 37.3 Å². The van der Waals surface area contributed by atoms with Crippen molar-refractivity contribution in [3.05, 3.63) is 54.1 Å². The van der Waals surface area contributed by atoms with E-state index in [4.69, 9.17) is 0 Å². The zero-order valence-corrected chi connectivity index (χ0v) is 12.8. The van der Waals surface area contributed by atoms with Crippen LogP contribution < -0.4 is 0 Å². The van der Waals surface area contributed by atoms with Crippen LogP contribution in [0.2, 0.25) is 0 Å². The minimum Gasteiger partial charge on any atom is -0.508 e. The number of benzene rings is 2. The van der Waals surface area contributed by atoms with Crippen molar-refractivity contribution in [2.75, 3.05) is 0 Å². The van der Waals surface area contributed by atoms with Gasteiger partial charge in [0.25, 0.3) is 0 Å². The first kappa shape index (κ1) is 15.3. The van der Waals surface area contributed by atoms with E-state index in [9.17, 15) is 9.90 Å². The number of Topliss-reactive ketones (excluding diaryl/α,β-unsaturated/α-hetero) is 1. The van der Waals surface area contributed by atoms with Gasteiger partial charge in [-0.1, -0.05) is 50.2 Å². The lowest BCUT2D eigenvalue weighted by molar-refractivity contribution is -0.118. The van der Waals surface area contributed by atoms with E-state index >= 15 is 0 Å². The monoisotopic (exact) mass is 282 g/mol. The Morgan fingerprint density at radius 3 is 2.29 bits per heavy atom. The Morgan fingerprint density at radius 1 is 1.05 bits per heavy atom. The molecule has 2 heteroatoms. The van der Waals surface area contributed by atoms with E-state index in [0.717, 1.165) is 23.1 Å². The van der Waals surface area contributed by atoms with Crippen molar-refractivity contribution in [3.63, 3.8) is 0 Å². The molecule has 0 heterocycles. The summed E-state index contributed by atoms with van der Waals surface area (Å²) in [5.74, 6) is 0.635. The fraction of sp³-hybridized carbons (Fsp3) is 0.316. The van der Waals surface area contributed by atoms with Crippen LogP contribution in [0.15, 0.2) is 48.5 Å². The lowest BCUT2D eigenvalue weighted by Gasteiger charge is -2.18. The Morgan fingerprint density at radius 2 is 1.71 bits per heavy atom. The molecule has 0 amide bonds. The van der Waals surface area contributed by atoms with Gasteiger partial charge in [-0.15, -0.1) is 0 Å². The molecule has 0 aromatic heterocycles. The van der Waals surface area contributed by atoms with Crippen LogP contribution in [-0.4, -0.2) is 10.9 Å². The lowest BCUT2D eigenvalue weighted by atomic mass is 9.86. The van der Waals surface area contributed by atoms with Crippen molar-refractivity contribution < 1.29 is 9.90 Å². The number of ketones is 1. The second-order valence-electron chi connectivity index (χ2n) is 5.97. The minimum atomic E-state index is -0.153. The molecule has 110 valence electrons. The van der Waals surface area contributed by atoms with E-state index in [1.54, 1.807) is 19.1 Å². The van der Waals surface area contributed by atoms with E-state index in [1.807, 2.05) is 36.4 Å². The highest BCUT2D eigenvalue weighted by Gasteiger charge is 2.19. The third kappa shape index (κ3) is 3.94. The number of rotatable bonds is 5. The normalized spacial score (nSPS) is 12.4. The van der Waals surface area contributed by atoms with Gasteiger partial charge in [-0.05, 0) is 48.1 Å². The van der Waals surface area contributed by atoms with Crippen molar-refractivity contribution in [3.8, 4) is 16.9 Å². The molecular weight excluding hydrogens is 260 g/mol. The van der Waals surface area contributed by atoms with Gasteiger partial charge in [0.05, 0.1) is 0 Å². The van der Waals surface area contributed by atoms with Gasteiger partial charge < -0.3 is 5.11 Å². The Balaban J connectivity index is 2.44. The molecule has 0 aliphatic heterocycles. The molecule has 2 aromatic rings. The number of phenolic OH excluding ortho intramolecular Hbond substituents is 1. The molecule has 1 atom stereocenters. The number of carbonyl (C=O) groups excluding carboxylic acids is 1. The highest BCUT2D eigenvalue weighted by atomic mass is 16.3. The molecule has 0 aliphatic carbocycles. The first-order chi connectivity index (χ1) is 9.97. The number of hydrogen-bond donors (Lipinski definition) is 1. The van der Waals surface area contributed by atoms with Crippen molar-refractivity contribution in [1.82, 2.24) is 0 Å². The second kappa shape index (κ2) is 6.57. The maximum atomic E-state index is 12.0. The fourth-order valence-corrected chi connectivity index (χ4v) is 2.64. The van der Waals surface area contributed by atoms with Crippen LogP contribution in [0, 0.1) is 5.92 Å². The van der Waals surface area contributed by atoms with Gasteiger partial charge in [0.15, 0.2) is 0 Å². The van der Waals surface area contributed by atoms with Gasteiger partial charge in [0.2, 0.25) is 0 Å². The molecule has 0 bridgehead atoms. The van der Waals surface area contributed by atoms with Crippen LogP contribution in [0.1, 0.15) is 38.7 Å². The number of hydrogen-bond acceptors (Lipinski definition) is 2. The lowest BCUT2D eigenvalue weighted by Crippen LogP contribution is -2.11. The van der Waals surface area contributed by atoms with E-state index in [1.165, 1.54) is 0 Å².